The van der Waals surface area contributed by atoms with Gasteiger partial charge in [-0.15, -0.1) is 0 Å². The molecule has 1 saturated carbocycles. The van der Waals surface area contributed by atoms with Crippen molar-refractivity contribution in [1.82, 2.24) is 9.55 Å². The molecular formula is C18H22N2O5S. The van der Waals surface area contributed by atoms with Crippen molar-refractivity contribution in [3.05, 3.63) is 68.5 Å². The summed E-state index contributed by atoms with van der Waals surface area (Å²) in [6.45, 7) is 1.73. The van der Waals surface area contributed by atoms with Crippen molar-refractivity contribution >= 4 is 10.1 Å². The van der Waals surface area contributed by atoms with Crippen LogP contribution in [0.2, 0.25) is 0 Å². The number of rotatable bonds is 7. The van der Waals surface area contributed by atoms with Gasteiger partial charge in [0, 0.05) is 17.8 Å². The summed E-state index contributed by atoms with van der Waals surface area (Å²) >= 11 is 0. The summed E-state index contributed by atoms with van der Waals surface area (Å²) < 4.78 is 28.6. The Morgan fingerprint density at radius 2 is 1.96 bits per heavy atom. The van der Waals surface area contributed by atoms with Gasteiger partial charge in [-0.25, -0.2) is 4.79 Å². The molecule has 1 fully saturated rings. The molecule has 140 valence electrons. The zero-order valence-electron chi connectivity index (χ0n) is 14.7. The van der Waals surface area contributed by atoms with Gasteiger partial charge in [-0.1, -0.05) is 30.3 Å². The van der Waals surface area contributed by atoms with Crippen LogP contribution in [0, 0.1) is 18.8 Å². The fourth-order valence-corrected chi connectivity index (χ4v) is 3.74. The summed E-state index contributed by atoms with van der Waals surface area (Å²) in [6, 6.07) is 9.28. The first-order valence-electron chi connectivity index (χ1n) is 8.45. The van der Waals surface area contributed by atoms with Gasteiger partial charge in [0.2, 0.25) is 0 Å². The second kappa shape index (κ2) is 7.20. The number of hydrogen-bond donors (Lipinski definition) is 1. The number of aromatic nitrogens is 2. The summed E-state index contributed by atoms with van der Waals surface area (Å²) in [5.74, 6) is 0.0165. The second-order valence-corrected chi connectivity index (χ2v) is 8.50. The van der Waals surface area contributed by atoms with Crippen LogP contribution in [-0.2, 0) is 20.7 Å². The van der Waals surface area contributed by atoms with Gasteiger partial charge in [-0.05, 0) is 37.2 Å². The molecule has 3 atom stereocenters. The van der Waals surface area contributed by atoms with E-state index in [9.17, 15) is 18.0 Å². The van der Waals surface area contributed by atoms with Crippen LogP contribution < -0.4 is 11.2 Å². The monoisotopic (exact) mass is 378 g/mol. The molecular weight excluding hydrogens is 356 g/mol. The molecule has 2 aromatic rings. The molecule has 1 N–H and O–H groups in total. The fourth-order valence-electron chi connectivity index (χ4n) is 3.32. The quantitative estimate of drug-likeness (QED) is 0.731. The predicted molar refractivity (Wildman–Crippen MR) is 97.6 cm³/mol. The lowest BCUT2D eigenvalue weighted by molar-refractivity contribution is 0.281. The molecule has 1 aliphatic carbocycles. The lowest BCUT2D eigenvalue weighted by Gasteiger charge is -2.20. The predicted octanol–water partition coefficient (Wildman–Crippen LogP) is 1.24. The summed E-state index contributed by atoms with van der Waals surface area (Å²) in [5, 5.41) is 0. The average Bonchev–Trinajstić information content (AvgIpc) is 3.36. The molecule has 1 aromatic heterocycles. The SMILES string of the molecule is Cc1c[nH]c(=O)n(C(Cc2ccccc2)C2CC2COS(C)(=O)=O)c1=O. The van der Waals surface area contributed by atoms with E-state index in [4.69, 9.17) is 4.18 Å². The smallest absolute Gasteiger partial charge is 0.314 e. The number of nitrogens with one attached hydrogen (secondary N) is 1. The molecule has 26 heavy (non-hydrogen) atoms. The number of nitrogens with zero attached hydrogens (tertiary/aromatic N) is 1. The second-order valence-electron chi connectivity index (χ2n) is 6.86. The van der Waals surface area contributed by atoms with Gasteiger partial charge in [0.25, 0.3) is 15.7 Å². The maximum absolute atomic E-state index is 12.6. The van der Waals surface area contributed by atoms with Crippen molar-refractivity contribution in [2.75, 3.05) is 12.9 Å². The highest BCUT2D eigenvalue weighted by molar-refractivity contribution is 7.85. The zero-order chi connectivity index (χ0) is 18.9. The third-order valence-electron chi connectivity index (χ3n) is 4.77. The Labute approximate surface area is 151 Å². The first kappa shape index (κ1) is 18.6. The summed E-state index contributed by atoms with van der Waals surface area (Å²) in [4.78, 5) is 27.6. The molecule has 8 heteroatoms. The van der Waals surface area contributed by atoms with E-state index in [1.165, 1.54) is 10.8 Å². The van der Waals surface area contributed by atoms with Crippen molar-refractivity contribution in [1.29, 1.82) is 0 Å². The molecule has 0 saturated heterocycles. The Balaban J connectivity index is 1.91. The van der Waals surface area contributed by atoms with Crippen LogP contribution in [-0.4, -0.2) is 30.8 Å². The topological polar surface area (TPSA) is 98.2 Å². The van der Waals surface area contributed by atoms with E-state index in [2.05, 4.69) is 4.98 Å². The van der Waals surface area contributed by atoms with Gasteiger partial charge in [0.05, 0.1) is 12.9 Å². The van der Waals surface area contributed by atoms with Crippen molar-refractivity contribution in [2.45, 2.75) is 25.8 Å². The molecule has 1 aromatic carbocycles. The van der Waals surface area contributed by atoms with Gasteiger partial charge in [0.1, 0.15) is 0 Å². The summed E-state index contributed by atoms with van der Waals surface area (Å²) in [6.07, 6.45) is 3.67. The number of aromatic amines is 1. The van der Waals surface area contributed by atoms with E-state index in [0.29, 0.717) is 18.4 Å². The Morgan fingerprint density at radius 3 is 2.62 bits per heavy atom. The zero-order valence-corrected chi connectivity index (χ0v) is 15.5. The number of benzene rings is 1. The van der Waals surface area contributed by atoms with E-state index >= 15 is 0 Å². The third-order valence-corrected chi connectivity index (χ3v) is 5.34. The van der Waals surface area contributed by atoms with Gasteiger partial charge in [-0.2, -0.15) is 8.42 Å². The van der Waals surface area contributed by atoms with Crippen LogP contribution in [0.4, 0.5) is 0 Å². The molecule has 3 rings (SSSR count). The first-order chi connectivity index (χ1) is 12.3. The highest BCUT2D eigenvalue weighted by Gasteiger charge is 2.45. The number of hydrogen-bond acceptors (Lipinski definition) is 5. The molecule has 7 nitrogen and oxygen atoms in total. The maximum Gasteiger partial charge on any atom is 0.328 e. The van der Waals surface area contributed by atoms with E-state index in [-0.39, 0.29) is 30.0 Å². The Morgan fingerprint density at radius 1 is 1.27 bits per heavy atom. The maximum atomic E-state index is 12.6. The van der Waals surface area contributed by atoms with E-state index < -0.39 is 15.8 Å². The van der Waals surface area contributed by atoms with Gasteiger partial charge < -0.3 is 4.98 Å². The van der Waals surface area contributed by atoms with E-state index in [0.717, 1.165) is 11.8 Å². The normalized spacial score (nSPS) is 20.7. The van der Waals surface area contributed by atoms with Gasteiger partial charge >= 0.3 is 5.69 Å². The lowest BCUT2D eigenvalue weighted by Crippen LogP contribution is -2.40. The van der Waals surface area contributed by atoms with Crippen molar-refractivity contribution in [3.8, 4) is 0 Å². The largest absolute Gasteiger partial charge is 0.328 e. The van der Waals surface area contributed by atoms with E-state index in [1.807, 2.05) is 30.3 Å². The number of H-pyrrole nitrogens is 1. The van der Waals surface area contributed by atoms with E-state index in [1.54, 1.807) is 6.92 Å². The van der Waals surface area contributed by atoms with Crippen molar-refractivity contribution in [2.24, 2.45) is 11.8 Å². The molecule has 0 spiro atoms. The van der Waals surface area contributed by atoms with Crippen LogP contribution in [0.1, 0.15) is 23.6 Å². The molecule has 1 heterocycles. The van der Waals surface area contributed by atoms with Crippen LogP contribution in [0.25, 0.3) is 0 Å². The van der Waals surface area contributed by atoms with Crippen LogP contribution in [0.5, 0.6) is 0 Å². The Bertz CT molecular complexity index is 994. The molecule has 0 bridgehead atoms. The third kappa shape index (κ3) is 4.31. The standard InChI is InChI=1S/C18H22N2O5S/c1-12-10-19-18(22)20(17(12)21)16(8-13-6-4-3-5-7-13)15-9-14(15)11-25-26(2,23)24/h3-7,10,14-16H,8-9,11H2,1-2H3,(H,19,22). The molecule has 0 aliphatic heterocycles. The van der Waals surface area contributed by atoms with Crippen LogP contribution in [0.15, 0.2) is 46.1 Å². The van der Waals surface area contributed by atoms with Gasteiger partial charge in [0.15, 0.2) is 0 Å². The molecule has 1 aliphatic rings. The fraction of sp³-hybridized carbons (Fsp3) is 0.444. The highest BCUT2D eigenvalue weighted by Crippen LogP contribution is 2.47. The summed E-state index contributed by atoms with van der Waals surface area (Å²) in [5.41, 5.74) is 0.716. The number of aryl methyl sites for hydroxylation is 1. The molecule has 0 radical (unpaired) electrons. The van der Waals surface area contributed by atoms with Gasteiger partial charge in [-0.3, -0.25) is 13.5 Å². The highest BCUT2D eigenvalue weighted by atomic mass is 32.2. The molecule has 0 amide bonds. The minimum absolute atomic E-state index is 0.00486. The summed E-state index contributed by atoms with van der Waals surface area (Å²) in [7, 11) is -3.51. The molecule has 3 unspecified atom stereocenters. The van der Waals surface area contributed by atoms with Crippen LogP contribution >= 0.6 is 0 Å². The Hall–Kier alpha value is -2.19. The van der Waals surface area contributed by atoms with Crippen molar-refractivity contribution in [3.63, 3.8) is 0 Å². The first-order valence-corrected chi connectivity index (χ1v) is 10.3. The Kier molecular flexibility index (Phi) is 5.15. The average molecular weight is 378 g/mol. The van der Waals surface area contributed by atoms with Crippen LogP contribution in [0.3, 0.4) is 0 Å². The van der Waals surface area contributed by atoms with Crippen molar-refractivity contribution < 1.29 is 12.6 Å². The lowest BCUT2D eigenvalue weighted by atomic mass is 10.0. The minimum atomic E-state index is -3.51. The minimum Gasteiger partial charge on any atom is -0.314 e.